The number of halogens is 2. The van der Waals surface area contributed by atoms with Gasteiger partial charge in [0.05, 0.1) is 7.11 Å². The second kappa shape index (κ2) is 11.1. The highest BCUT2D eigenvalue weighted by molar-refractivity contribution is 14.0. The molecule has 152 valence electrons. The van der Waals surface area contributed by atoms with E-state index in [0.29, 0.717) is 0 Å². The monoisotopic (exact) mass is 498 g/mol. The van der Waals surface area contributed by atoms with Crippen LogP contribution in [0.25, 0.3) is 0 Å². The van der Waals surface area contributed by atoms with Gasteiger partial charge in [-0.1, -0.05) is 18.2 Å². The lowest BCUT2D eigenvalue weighted by Gasteiger charge is -2.37. The molecule has 1 N–H and O–H groups in total. The third kappa shape index (κ3) is 5.98. The van der Waals surface area contributed by atoms with Gasteiger partial charge < -0.3 is 19.9 Å². The Morgan fingerprint density at radius 2 is 1.82 bits per heavy atom. The van der Waals surface area contributed by atoms with Crippen LogP contribution < -0.4 is 15.0 Å². The van der Waals surface area contributed by atoms with Crippen LogP contribution >= 0.6 is 24.0 Å². The zero-order valence-corrected chi connectivity index (χ0v) is 18.7. The highest BCUT2D eigenvalue weighted by Gasteiger charge is 2.19. The molecule has 1 aliphatic heterocycles. The number of hydrogen-bond donors (Lipinski definition) is 1. The molecule has 28 heavy (non-hydrogen) atoms. The number of anilines is 1. The highest BCUT2D eigenvalue weighted by Crippen LogP contribution is 2.22. The maximum absolute atomic E-state index is 13.0. The molecule has 5 nitrogen and oxygen atoms in total. The number of methoxy groups -OCH3 is 1. The fraction of sp³-hybridized carbons (Fsp3) is 0.381. The number of benzene rings is 2. The van der Waals surface area contributed by atoms with Crippen molar-refractivity contribution in [1.82, 2.24) is 10.2 Å². The van der Waals surface area contributed by atoms with Crippen LogP contribution in [-0.2, 0) is 6.42 Å². The van der Waals surface area contributed by atoms with Crippen LogP contribution in [0.2, 0.25) is 0 Å². The van der Waals surface area contributed by atoms with Gasteiger partial charge >= 0.3 is 0 Å². The second-order valence-corrected chi connectivity index (χ2v) is 6.53. The SMILES string of the molecule is CN=C(NCCc1ccc(F)cc1)N1CCN(c2cccc(OC)c2)CC1.I. The van der Waals surface area contributed by atoms with Crippen LogP contribution in [0.5, 0.6) is 5.75 Å². The quantitative estimate of drug-likeness (QED) is 0.390. The van der Waals surface area contributed by atoms with E-state index in [2.05, 4.69) is 32.2 Å². The number of nitrogens with one attached hydrogen (secondary N) is 1. The van der Waals surface area contributed by atoms with E-state index in [1.54, 1.807) is 7.11 Å². The van der Waals surface area contributed by atoms with Crippen molar-refractivity contribution in [2.45, 2.75) is 6.42 Å². The van der Waals surface area contributed by atoms with Gasteiger partial charge in [-0.3, -0.25) is 4.99 Å². The number of rotatable bonds is 5. The average molecular weight is 498 g/mol. The first-order chi connectivity index (χ1) is 13.2. The minimum Gasteiger partial charge on any atom is -0.497 e. The lowest BCUT2D eigenvalue weighted by molar-refractivity contribution is 0.372. The molecule has 0 atom stereocenters. The third-order valence-electron chi connectivity index (χ3n) is 4.82. The molecule has 1 fully saturated rings. The van der Waals surface area contributed by atoms with Crippen molar-refractivity contribution >= 4 is 35.6 Å². The van der Waals surface area contributed by atoms with Gasteiger partial charge in [0, 0.05) is 51.5 Å². The molecule has 1 aliphatic rings. The number of aliphatic imine (C=N–C) groups is 1. The Hall–Kier alpha value is -2.03. The van der Waals surface area contributed by atoms with Gasteiger partial charge in [-0.05, 0) is 36.2 Å². The van der Waals surface area contributed by atoms with E-state index in [0.717, 1.165) is 56.4 Å². The van der Waals surface area contributed by atoms with Crippen LogP contribution in [0.4, 0.5) is 10.1 Å². The number of ether oxygens (including phenoxy) is 1. The smallest absolute Gasteiger partial charge is 0.193 e. The fourth-order valence-corrected chi connectivity index (χ4v) is 3.29. The number of nitrogens with zero attached hydrogens (tertiary/aromatic N) is 3. The van der Waals surface area contributed by atoms with E-state index < -0.39 is 0 Å². The zero-order chi connectivity index (χ0) is 19.1. The Labute approximate surface area is 183 Å². The van der Waals surface area contributed by atoms with E-state index in [-0.39, 0.29) is 29.8 Å². The molecule has 1 heterocycles. The van der Waals surface area contributed by atoms with E-state index in [1.165, 1.54) is 17.8 Å². The first-order valence-corrected chi connectivity index (χ1v) is 9.28. The van der Waals surface area contributed by atoms with Crippen LogP contribution in [0.3, 0.4) is 0 Å². The Bertz CT molecular complexity index is 761. The molecule has 0 radical (unpaired) electrons. The first kappa shape index (κ1) is 22.3. The van der Waals surface area contributed by atoms with Gasteiger partial charge in [-0.15, -0.1) is 24.0 Å². The van der Waals surface area contributed by atoms with Crippen molar-refractivity contribution in [1.29, 1.82) is 0 Å². The predicted octanol–water partition coefficient (Wildman–Crippen LogP) is 3.39. The summed E-state index contributed by atoms with van der Waals surface area (Å²) in [6.45, 7) is 4.47. The minimum atomic E-state index is -0.198. The van der Waals surface area contributed by atoms with Gasteiger partial charge in [0.15, 0.2) is 5.96 Å². The van der Waals surface area contributed by atoms with Crippen LogP contribution in [0.1, 0.15) is 5.56 Å². The van der Waals surface area contributed by atoms with Gasteiger partial charge in [-0.2, -0.15) is 0 Å². The molecule has 0 aliphatic carbocycles. The van der Waals surface area contributed by atoms with Crippen molar-refractivity contribution < 1.29 is 9.13 Å². The lowest BCUT2D eigenvalue weighted by atomic mass is 10.1. The summed E-state index contributed by atoms with van der Waals surface area (Å²) in [6.07, 6.45) is 0.836. The van der Waals surface area contributed by atoms with E-state index in [1.807, 2.05) is 31.3 Å². The van der Waals surface area contributed by atoms with Gasteiger partial charge in [0.1, 0.15) is 11.6 Å². The van der Waals surface area contributed by atoms with Gasteiger partial charge in [-0.25, -0.2) is 4.39 Å². The summed E-state index contributed by atoms with van der Waals surface area (Å²) in [6, 6.07) is 14.8. The zero-order valence-electron chi connectivity index (χ0n) is 16.4. The molecule has 0 bridgehead atoms. The molecule has 2 aromatic rings. The Morgan fingerprint density at radius 3 is 2.46 bits per heavy atom. The van der Waals surface area contributed by atoms with E-state index in [9.17, 15) is 4.39 Å². The highest BCUT2D eigenvalue weighted by atomic mass is 127. The summed E-state index contributed by atoms with van der Waals surface area (Å²) >= 11 is 0. The molecule has 2 aromatic carbocycles. The number of guanidine groups is 1. The van der Waals surface area contributed by atoms with Gasteiger partial charge in [0.25, 0.3) is 0 Å². The Kier molecular flexibility index (Phi) is 8.82. The molecule has 0 saturated carbocycles. The number of piperazine rings is 1. The van der Waals surface area contributed by atoms with Crippen LogP contribution in [0.15, 0.2) is 53.5 Å². The molecule has 3 rings (SSSR count). The van der Waals surface area contributed by atoms with Crippen molar-refractivity contribution in [3.8, 4) is 5.75 Å². The first-order valence-electron chi connectivity index (χ1n) is 9.28. The topological polar surface area (TPSA) is 40.1 Å². The molecule has 0 amide bonds. The summed E-state index contributed by atoms with van der Waals surface area (Å²) in [7, 11) is 3.51. The molecular formula is C21H28FIN4O. The summed E-state index contributed by atoms with van der Waals surface area (Å²) in [5.41, 5.74) is 2.30. The third-order valence-corrected chi connectivity index (χ3v) is 4.82. The fourth-order valence-electron chi connectivity index (χ4n) is 3.29. The van der Waals surface area contributed by atoms with Crippen LogP contribution in [0, 0.1) is 5.82 Å². The molecule has 7 heteroatoms. The summed E-state index contributed by atoms with van der Waals surface area (Å²) in [4.78, 5) is 9.06. The molecule has 0 spiro atoms. The lowest BCUT2D eigenvalue weighted by Crippen LogP contribution is -2.52. The maximum Gasteiger partial charge on any atom is 0.193 e. The summed E-state index contributed by atoms with van der Waals surface area (Å²) in [5.74, 6) is 1.60. The second-order valence-electron chi connectivity index (χ2n) is 6.53. The normalized spacial score (nSPS) is 14.5. The standard InChI is InChI=1S/C21H27FN4O.HI/c1-23-21(24-11-10-17-6-8-18(22)9-7-17)26-14-12-25(13-15-26)19-4-3-5-20(16-19)27-2;/h3-9,16H,10-15H2,1-2H3,(H,23,24);1H. The molecule has 0 unspecified atom stereocenters. The average Bonchev–Trinajstić information content (AvgIpc) is 2.73. The van der Waals surface area contributed by atoms with Crippen molar-refractivity contribution in [2.24, 2.45) is 4.99 Å². The van der Waals surface area contributed by atoms with E-state index >= 15 is 0 Å². The minimum absolute atomic E-state index is 0. The molecular weight excluding hydrogens is 470 g/mol. The molecule has 0 aromatic heterocycles. The van der Waals surface area contributed by atoms with Gasteiger partial charge in [0.2, 0.25) is 0 Å². The summed E-state index contributed by atoms with van der Waals surface area (Å²) in [5, 5.41) is 3.42. The predicted molar refractivity (Wildman–Crippen MR) is 124 cm³/mol. The Balaban J connectivity index is 0.00000280. The largest absolute Gasteiger partial charge is 0.497 e. The van der Waals surface area contributed by atoms with Crippen molar-refractivity contribution in [3.63, 3.8) is 0 Å². The van der Waals surface area contributed by atoms with Crippen molar-refractivity contribution in [2.75, 3.05) is 51.8 Å². The van der Waals surface area contributed by atoms with Crippen molar-refractivity contribution in [3.05, 3.63) is 59.9 Å². The van der Waals surface area contributed by atoms with E-state index in [4.69, 9.17) is 4.74 Å². The Morgan fingerprint density at radius 1 is 1.11 bits per heavy atom. The van der Waals surface area contributed by atoms with Crippen LogP contribution in [-0.4, -0.2) is 57.7 Å². The maximum atomic E-state index is 13.0. The molecule has 1 saturated heterocycles. The summed E-state index contributed by atoms with van der Waals surface area (Å²) < 4.78 is 18.3. The number of hydrogen-bond acceptors (Lipinski definition) is 3.